The zero-order valence-corrected chi connectivity index (χ0v) is 19.4. The number of hydrogen-bond donors (Lipinski definition) is 1. The number of nitrogens with zero attached hydrogens (tertiary/aromatic N) is 1. The first kappa shape index (κ1) is 23.6. The molecule has 0 aliphatic rings. The van der Waals surface area contributed by atoms with E-state index in [2.05, 4.69) is 17.5 Å². The summed E-state index contributed by atoms with van der Waals surface area (Å²) in [4.78, 5) is 12.1. The number of ether oxygens (including phenoxy) is 2. The van der Waals surface area contributed by atoms with Gasteiger partial charge in [0.2, 0.25) is 5.91 Å². The first-order valence-corrected chi connectivity index (χ1v) is 10.9. The number of benzene rings is 3. The average Bonchev–Trinajstić information content (AvgIpc) is 2.79. The fourth-order valence-electron chi connectivity index (χ4n) is 2.97. The Morgan fingerprint density at radius 2 is 1.75 bits per heavy atom. The van der Waals surface area contributed by atoms with Gasteiger partial charge in [0.1, 0.15) is 6.61 Å². The first-order valence-electron chi connectivity index (χ1n) is 10.1. The lowest BCUT2D eigenvalue weighted by Crippen LogP contribution is -2.19. The molecule has 0 unspecified atom stereocenters. The summed E-state index contributed by atoms with van der Waals surface area (Å²) in [6.45, 7) is 2.37. The van der Waals surface area contributed by atoms with Crippen LogP contribution in [0.2, 0.25) is 10.0 Å². The number of carbonyl (C=O) groups excluding carboxylic acids is 1. The van der Waals surface area contributed by atoms with E-state index in [0.717, 1.165) is 23.1 Å². The topological polar surface area (TPSA) is 59.9 Å². The molecule has 0 heterocycles. The second-order valence-electron chi connectivity index (χ2n) is 7.07. The molecule has 1 amide bonds. The van der Waals surface area contributed by atoms with Gasteiger partial charge >= 0.3 is 0 Å². The number of rotatable bonds is 9. The number of aryl methyl sites for hydroxylation is 1. The van der Waals surface area contributed by atoms with Crippen LogP contribution in [0.1, 0.15) is 29.2 Å². The van der Waals surface area contributed by atoms with Crippen LogP contribution >= 0.6 is 23.2 Å². The molecule has 7 heteroatoms. The lowest BCUT2D eigenvalue weighted by atomic mass is 10.1. The van der Waals surface area contributed by atoms with Gasteiger partial charge in [-0.15, -0.1) is 0 Å². The third-order valence-corrected chi connectivity index (χ3v) is 5.37. The molecule has 3 aromatic rings. The maximum atomic E-state index is 12.1. The predicted octanol–water partition coefficient (Wildman–Crippen LogP) is 5.84. The van der Waals surface area contributed by atoms with Gasteiger partial charge in [-0.05, 0) is 53.4 Å². The summed E-state index contributed by atoms with van der Waals surface area (Å²) in [6, 6.07) is 18.6. The molecule has 0 aliphatic heterocycles. The van der Waals surface area contributed by atoms with Gasteiger partial charge in [-0.2, -0.15) is 5.10 Å². The molecule has 0 atom stereocenters. The van der Waals surface area contributed by atoms with Crippen molar-refractivity contribution in [2.24, 2.45) is 5.10 Å². The second-order valence-corrected chi connectivity index (χ2v) is 7.92. The van der Waals surface area contributed by atoms with Crippen LogP contribution < -0.4 is 14.9 Å². The van der Waals surface area contributed by atoms with Crippen LogP contribution in [0, 0.1) is 0 Å². The summed E-state index contributed by atoms with van der Waals surface area (Å²) in [5.74, 6) is 0.925. The highest BCUT2D eigenvalue weighted by atomic mass is 35.5. The smallest absolute Gasteiger partial charge is 0.244 e. The van der Waals surface area contributed by atoms with Crippen LogP contribution in [0.15, 0.2) is 65.8 Å². The SMILES string of the molecule is CCc1ccc(CC(=O)N/N=C/c2ccc(OCc3ccc(Cl)cc3Cl)c(OC)c2)cc1. The third kappa shape index (κ3) is 6.74. The van der Waals surface area contributed by atoms with Gasteiger partial charge in [0.05, 0.1) is 19.7 Å². The molecule has 0 spiro atoms. The van der Waals surface area contributed by atoms with Gasteiger partial charge < -0.3 is 9.47 Å². The Balaban J connectivity index is 1.57. The molecule has 3 aromatic carbocycles. The Hall–Kier alpha value is -3.02. The van der Waals surface area contributed by atoms with Crippen LogP contribution in [0.25, 0.3) is 0 Å². The van der Waals surface area contributed by atoms with E-state index in [1.807, 2.05) is 36.4 Å². The molecule has 0 aromatic heterocycles. The van der Waals surface area contributed by atoms with E-state index in [-0.39, 0.29) is 18.9 Å². The maximum absolute atomic E-state index is 12.1. The number of hydrogen-bond acceptors (Lipinski definition) is 4. The zero-order chi connectivity index (χ0) is 22.9. The van der Waals surface area contributed by atoms with E-state index in [1.54, 1.807) is 37.6 Å². The van der Waals surface area contributed by atoms with Crippen LogP contribution in [0.3, 0.4) is 0 Å². The van der Waals surface area contributed by atoms with Gasteiger partial charge in [0, 0.05) is 15.6 Å². The highest BCUT2D eigenvalue weighted by Gasteiger charge is 2.08. The summed E-state index contributed by atoms with van der Waals surface area (Å²) in [7, 11) is 1.56. The number of nitrogens with one attached hydrogen (secondary N) is 1. The van der Waals surface area contributed by atoms with Crippen LogP contribution in [-0.4, -0.2) is 19.2 Å². The van der Waals surface area contributed by atoms with Crippen molar-refractivity contribution < 1.29 is 14.3 Å². The quantitative estimate of drug-likeness (QED) is 0.315. The molecule has 5 nitrogen and oxygen atoms in total. The van der Waals surface area contributed by atoms with E-state index in [1.165, 1.54) is 5.56 Å². The highest BCUT2D eigenvalue weighted by Crippen LogP contribution is 2.29. The van der Waals surface area contributed by atoms with Crippen molar-refractivity contribution in [1.82, 2.24) is 5.43 Å². The van der Waals surface area contributed by atoms with Crippen molar-refractivity contribution in [2.75, 3.05) is 7.11 Å². The lowest BCUT2D eigenvalue weighted by molar-refractivity contribution is -0.120. The maximum Gasteiger partial charge on any atom is 0.244 e. The number of halogens is 2. The van der Waals surface area contributed by atoms with Crippen LogP contribution in [0.5, 0.6) is 11.5 Å². The number of hydrazone groups is 1. The number of amides is 1. The van der Waals surface area contributed by atoms with Crippen LogP contribution in [-0.2, 0) is 24.2 Å². The molecule has 0 saturated carbocycles. The minimum Gasteiger partial charge on any atom is -0.493 e. The average molecular weight is 471 g/mol. The Morgan fingerprint density at radius 3 is 2.44 bits per heavy atom. The fourth-order valence-corrected chi connectivity index (χ4v) is 3.44. The molecule has 0 saturated heterocycles. The molecule has 1 N–H and O–H groups in total. The van der Waals surface area contributed by atoms with Gasteiger partial charge in [-0.3, -0.25) is 4.79 Å². The minimum atomic E-state index is -0.183. The lowest BCUT2D eigenvalue weighted by Gasteiger charge is -2.12. The van der Waals surface area contributed by atoms with E-state index in [4.69, 9.17) is 32.7 Å². The standard InChI is InChI=1S/C25H24Cl2N2O3/c1-3-17-4-6-18(7-5-17)13-25(30)29-28-15-19-8-11-23(24(12-19)31-2)32-16-20-9-10-21(26)14-22(20)27/h4-12,14-15H,3,13,16H2,1-2H3,(H,29,30)/b28-15+. The van der Waals surface area contributed by atoms with Crippen molar-refractivity contribution in [3.05, 3.63) is 93.0 Å². The molecule has 3 rings (SSSR count). The Kier molecular flexibility index (Phi) is 8.54. The molecule has 0 aliphatic carbocycles. The first-order chi connectivity index (χ1) is 15.5. The molecular formula is C25H24Cl2N2O3. The predicted molar refractivity (Wildman–Crippen MR) is 129 cm³/mol. The minimum absolute atomic E-state index is 0.183. The third-order valence-electron chi connectivity index (χ3n) is 4.78. The van der Waals surface area contributed by atoms with Crippen molar-refractivity contribution in [1.29, 1.82) is 0 Å². The second kappa shape index (κ2) is 11.6. The molecule has 0 fully saturated rings. The number of methoxy groups -OCH3 is 1. The summed E-state index contributed by atoms with van der Waals surface area (Å²) in [5, 5.41) is 5.15. The van der Waals surface area contributed by atoms with E-state index < -0.39 is 0 Å². The summed E-state index contributed by atoms with van der Waals surface area (Å²) >= 11 is 12.1. The van der Waals surface area contributed by atoms with Gasteiger partial charge in [-0.25, -0.2) is 5.43 Å². The Morgan fingerprint density at radius 1 is 1.00 bits per heavy atom. The monoisotopic (exact) mass is 470 g/mol. The van der Waals surface area contributed by atoms with Crippen LogP contribution in [0.4, 0.5) is 0 Å². The van der Waals surface area contributed by atoms with E-state index in [9.17, 15) is 4.79 Å². The van der Waals surface area contributed by atoms with Crippen molar-refractivity contribution >= 4 is 35.3 Å². The van der Waals surface area contributed by atoms with Crippen molar-refractivity contribution in [3.8, 4) is 11.5 Å². The highest BCUT2D eigenvalue weighted by molar-refractivity contribution is 6.35. The van der Waals surface area contributed by atoms with Gasteiger partial charge in [-0.1, -0.05) is 60.5 Å². The normalized spacial score (nSPS) is 10.9. The van der Waals surface area contributed by atoms with E-state index in [0.29, 0.717) is 21.5 Å². The van der Waals surface area contributed by atoms with E-state index >= 15 is 0 Å². The Bertz CT molecular complexity index is 1100. The molecule has 166 valence electrons. The molecular weight excluding hydrogens is 447 g/mol. The van der Waals surface area contributed by atoms with Crippen molar-refractivity contribution in [2.45, 2.75) is 26.4 Å². The van der Waals surface area contributed by atoms with Gasteiger partial charge in [0.15, 0.2) is 11.5 Å². The zero-order valence-electron chi connectivity index (χ0n) is 17.9. The summed E-state index contributed by atoms with van der Waals surface area (Å²) < 4.78 is 11.3. The van der Waals surface area contributed by atoms with Crippen molar-refractivity contribution in [3.63, 3.8) is 0 Å². The fraction of sp³-hybridized carbons (Fsp3) is 0.200. The molecule has 0 bridgehead atoms. The Labute approximate surface area is 198 Å². The molecule has 32 heavy (non-hydrogen) atoms. The summed E-state index contributed by atoms with van der Waals surface area (Å²) in [5.41, 5.74) is 6.31. The summed E-state index contributed by atoms with van der Waals surface area (Å²) in [6.07, 6.45) is 2.80. The number of carbonyl (C=O) groups is 1. The molecule has 0 radical (unpaired) electrons. The largest absolute Gasteiger partial charge is 0.493 e. The van der Waals surface area contributed by atoms with Gasteiger partial charge in [0.25, 0.3) is 0 Å².